The Hall–Kier alpha value is -1.90. The van der Waals surface area contributed by atoms with Crippen LogP contribution >= 0.6 is 0 Å². The van der Waals surface area contributed by atoms with Gasteiger partial charge in [-0.1, -0.05) is 26.0 Å². The maximum atomic E-state index is 11.8. The molecule has 0 aliphatic rings. The van der Waals surface area contributed by atoms with Gasteiger partial charge in [-0.25, -0.2) is 4.98 Å². The monoisotopic (exact) mass is 214 g/mol. The third kappa shape index (κ3) is 2.03. The molecule has 0 atom stereocenters. The fourth-order valence-corrected chi connectivity index (χ4v) is 1.56. The number of hydrogen-bond acceptors (Lipinski definition) is 2. The van der Waals surface area contributed by atoms with E-state index in [4.69, 9.17) is 0 Å². The largest absolute Gasteiger partial charge is 0.306 e. The van der Waals surface area contributed by atoms with E-state index in [1.165, 1.54) is 0 Å². The number of imidazole rings is 1. The van der Waals surface area contributed by atoms with Gasteiger partial charge in [-0.3, -0.25) is 4.79 Å². The fourth-order valence-electron chi connectivity index (χ4n) is 1.56. The molecule has 3 heteroatoms. The van der Waals surface area contributed by atoms with Gasteiger partial charge >= 0.3 is 0 Å². The third-order valence-electron chi connectivity index (χ3n) is 2.46. The Morgan fingerprint density at radius 1 is 1.38 bits per heavy atom. The SMILES string of the molecule is CC(C)C(=O)c1cccc(-n2ccnc2)c1. The number of rotatable bonds is 3. The van der Waals surface area contributed by atoms with E-state index in [0.29, 0.717) is 0 Å². The lowest BCUT2D eigenvalue weighted by Crippen LogP contribution is -2.07. The van der Waals surface area contributed by atoms with Gasteiger partial charge < -0.3 is 4.57 Å². The zero-order valence-corrected chi connectivity index (χ0v) is 9.42. The molecule has 0 fully saturated rings. The van der Waals surface area contributed by atoms with Crippen LogP contribution < -0.4 is 0 Å². The summed E-state index contributed by atoms with van der Waals surface area (Å²) in [6.07, 6.45) is 5.30. The van der Waals surface area contributed by atoms with Crippen LogP contribution in [0.3, 0.4) is 0 Å². The number of hydrogen-bond donors (Lipinski definition) is 0. The van der Waals surface area contributed by atoms with Gasteiger partial charge in [-0.2, -0.15) is 0 Å². The quantitative estimate of drug-likeness (QED) is 0.736. The van der Waals surface area contributed by atoms with Crippen molar-refractivity contribution in [1.29, 1.82) is 0 Å². The molecular weight excluding hydrogens is 200 g/mol. The van der Waals surface area contributed by atoms with E-state index in [-0.39, 0.29) is 11.7 Å². The molecule has 1 heterocycles. The van der Waals surface area contributed by atoms with E-state index < -0.39 is 0 Å². The zero-order chi connectivity index (χ0) is 11.5. The molecule has 1 aromatic heterocycles. The zero-order valence-electron chi connectivity index (χ0n) is 9.42. The first-order valence-electron chi connectivity index (χ1n) is 5.31. The summed E-state index contributed by atoms with van der Waals surface area (Å²) in [5.74, 6) is 0.194. The summed E-state index contributed by atoms with van der Waals surface area (Å²) in [5.41, 5.74) is 1.71. The van der Waals surface area contributed by atoms with E-state index >= 15 is 0 Å². The molecule has 0 aliphatic heterocycles. The standard InChI is InChI=1S/C13H14N2O/c1-10(2)13(16)11-4-3-5-12(8-11)15-7-6-14-9-15/h3-10H,1-2H3. The summed E-state index contributed by atoms with van der Waals surface area (Å²) >= 11 is 0. The molecule has 0 bridgehead atoms. The Labute approximate surface area is 94.7 Å². The smallest absolute Gasteiger partial charge is 0.165 e. The van der Waals surface area contributed by atoms with E-state index in [1.807, 2.05) is 48.9 Å². The molecule has 0 spiro atoms. The number of nitrogens with zero attached hydrogens (tertiary/aromatic N) is 2. The van der Waals surface area contributed by atoms with Crippen molar-refractivity contribution in [3.8, 4) is 5.69 Å². The highest BCUT2D eigenvalue weighted by Crippen LogP contribution is 2.13. The van der Waals surface area contributed by atoms with Gasteiger partial charge in [0.15, 0.2) is 5.78 Å². The second-order valence-corrected chi connectivity index (χ2v) is 4.04. The average molecular weight is 214 g/mol. The minimum Gasteiger partial charge on any atom is -0.306 e. The molecule has 0 radical (unpaired) electrons. The number of aromatic nitrogens is 2. The van der Waals surface area contributed by atoms with Crippen LogP contribution in [0, 0.1) is 5.92 Å². The Kier molecular flexibility index (Phi) is 2.86. The van der Waals surface area contributed by atoms with Crippen molar-refractivity contribution >= 4 is 5.78 Å². The Morgan fingerprint density at radius 3 is 2.81 bits per heavy atom. The number of Topliss-reactive ketones (excluding diaryl/α,β-unsaturated/α-hetero) is 1. The van der Waals surface area contributed by atoms with Crippen LogP contribution in [0.2, 0.25) is 0 Å². The van der Waals surface area contributed by atoms with Crippen molar-refractivity contribution in [2.75, 3.05) is 0 Å². The highest BCUT2D eigenvalue weighted by molar-refractivity contribution is 5.97. The first-order valence-corrected chi connectivity index (χ1v) is 5.31. The summed E-state index contributed by atoms with van der Waals surface area (Å²) in [5, 5.41) is 0. The maximum absolute atomic E-state index is 11.8. The Bertz CT molecular complexity index is 486. The molecule has 0 saturated carbocycles. The van der Waals surface area contributed by atoms with Crippen molar-refractivity contribution in [2.24, 2.45) is 5.92 Å². The molecule has 2 aromatic rings. The lowest BCUT2D eigenvalue weighted by molar-refractivity contribution is 0.0939. The summed E-state index contributed by atoms with van der Waals surface area (Å²) in [6, 6.07) is 7.59. The Morgan fingerprint density at radius 2 is 2.19 bits per heavy atom. The van der Waals surface area contributed by atoms with Gasteiger partial charge in [0.1, 0.15) is 0 Å². The summed E-state index contributed by atoms with van der Waals surface area (Å²) in [4.78, 5) is 15.8. The average Bonchev–Trinajstić information content (AvgIpc) is 2.81. The molecule has 3 nitrogen and oxygen atoms in total. The van der Waals surface area contributed by atoms with Crippen molar-refractivity contribution in [3.05, 3.63) is 48.5 Å². The third-order valence-corrected chi connectivity index (χ3v) is 2.46. The van der Waals surface area contributed by atoms with Crippen molar-refractivity contribution in [3.63, 3.8) is 0 Å². The Balaban J connectivity index is 2.37. The lowest BCUT2D eigenvalue weighted by Gasteiger charge is -2.07. The van der Waals surface area contributed by atoms with Crippen LogP contribution in [0.1, 0.15) is 24.2 Å². The predicted molar refractivity (Wildman–Crippen MR) is 62.7 cm³/mol. The van der Waals surface area contributed by atoms with Crippen LogP contribution in [0.25, 0.3) is 5.69 Å². The molecule has 0 N–H and O–H groups in total. The van der Waals surface area contributed by atoms with Gasteiger partial charge in [-0.05, 0) is 12.1 Å². The van der Waals surface area contributed by atoms with E-state index in [0.717, 1.165) is 11.3 Å². The number of ketones is 1. The summed E-state index contributed by atoms with van der Waals surface area (Å²) in [7, 11) is 0. The van der Waals surface area contributed by atoms with Crippen LogP contribution in [-0.4, -0.2) is 15.3 Å². The van der Waals surface area contributed by atoms with Gasteiger partial charge in [0.05, 0.1) is 6.33 Å². The molecule has 82 valence electrons. The molecule has 0 saturated heterocycles. The van der Waals surface area contributed by atoms with Gasteiger partial charge in [0, 0.05) is 29.6 Å². The summed E-state index contributed by atoms with van der Waals surface area (Å²) in [6.45, 7) is 3.82. The minimum atomic E-state index is 0.0260. The highest BCUT2D eigenvalue weighted by atomic mass is 16.1. The second-order valence-electron chi connectivity index (χ2n) is 4.04. The van der Waals surface area contributed by atoms with Crippen LogP contribution in [0.4, 0.5) is 0 Å². The number of benzene rings is 1. The van der Waals surface area contributed by atoms with Crippen LogP contribution in [0.15, 0.2) is 43.0 Å². The number of carbonyl (C=O) groups is 1. The normalized spacial score (nSPS) is 10.7. The highest BCUT2D eigenvalue weighted by Gasteiger charge is 2.10. The van der Waals surface area contributed by atoms with Gasteiger partial charge in [0.2, 0.25) is 0 Å². The molecular formula is C13H14N2O. The molecule has 1 aromatic carbocycles. The number of carbonyl (C=O) groups excluding carboxylic acids is 1. The second kappa shape index (κ2) is 4.31. The van der Waals surface area contributed by atoms with Crippen molar-refractivity contribution in [2.45, 2.75) is 13.8 Å². The van der Waals surface area contributed by atoms with Gasteiger partial charge in [-0.15, -0.1) is 0 Å². The topological polar surface area (TPSA) is 34.9 Å². The lowest BCUT2D eigenvalue weighted by atomic mass is 10.0. The first kappa shape index (κ1) is 10.6. The molecule has 2 rings (SSSR count). The van der Waals surface area contributed by atoms with Crippen LogP contribution in [0.5, 0.6) is 0 Å². The first-order chi connectivity index (χ1) is 7.68. The molecule has 0 unspecified atom stereocenters. The van der Waals surface area contributed by atoms with Crippen molar-refractivity contribution in [1.82, 2.24) is 9.55 Å². The predicted octanol–water partition coefficient (Wildman–Crippen LogP) is 2.71. The van der Waals surface area contributed by atoms with E-state index in [2.05, 4.69) is 4.98 Å². The van der Waals surface area contributed by atoms with E-state index in [9.17, 15) is 4.79 Å². The fraction of sp³-hybridized carbons (Fsp3) is 0.231. The molecule has 0 aliphatic carbocycles. The van der Waals surface area contributed by atoms with Crippen LogP contribution in [-0.2, 0) is 0 Å². The maximum Gasteiger partial charge on any atom is 0.165 e. The van der Waals surface area contributed by atoms with E-state index in [1.54, 1.807) is 12.5 Å². The molecule has 16 heavy (non-hydrogen) atoms. The van der Waals surface area contributed by atoms with Crippen molar-refractivity contribution < 1.29 is 4.79 Å². The molecule has 0 amide bonds. The summed E-state index contributed by atoms with van der Waals surface area (Å²) < 4.78 is 1.89. The van der Waals surface area contributed by atoms with Gasteiger partial charge in [0.25, 0.3) is 0 Å². The minimum absolute atomic E-state index is 0.0260.